The SMILES string of the molecule is CN1CCN(C2(C)C=CC(NC(=O)c3cnc4c(c3)C(c3ccc5c(c3)CCNC5=O)=CC4)=CC2)CC1.[HH].[HH]. The Balaban J connectivity index is 0.00000176. The topological polar surface area (TPSA) is 77.6 Å². The normalized spacial score (nSPS) is 23.6. The van der Waals surface area contributed by atoms with Crippen molar-refractivity contribution >= 4 is 17.4 Å². The van der Waals surface area contributed by atoms with Crippen molar-refractivity contribution in [3.8, 4) is 0 Å². The van der Waals surface area contributed by atoms with E-state index in [9.17, 15) is 9.59 Å². The van der Waals surface area contributed by atoms with E-state index >= 15 is 0 Å². The van der Waals surface area contributed by atoms with Crippen LogP contribution in [0.15, 0.2) is 60.5 Å². The number of carbonyl (C=O) groups is 2. The van der Waals surface area contributed by atoms with E-state index in [1.807, 2.05) is 24.3 Å². The Hall–Kier alpha value is -3.55. The van der Waals surface area contributed by atoms with E-state index in [1.54, 1.807) is 6.20 Å². The fraction of sp³-hybridized carbons (Fsp3) is 0.367. The van der Waals surface area contributed by atoms with E-state index in [2.05, 4.69) is 63.7 Å². The number of carbonyl (C=O) groups excluding carboxylic acids is 2. The second kappa shape index (κ2) is 9.39. The Labute approximate surface area is 220 Å². The summed E-state index contributed by atoms with van der Waals surface area (Å²) in [6.07, 6.45) is 12.7. The lowest BCUT2D eigenvalue weighted by atomic mass is 9.89. The summed E-state index contributed by atoms with van der Waals surface area (Å²) in [4.78, 5) is 34.8. The summed E-state index contributed by atoms with van der Waals surface area (Å²) in [6.45, 7) is 7.21. The molecule has 1 saturated heterocycles. The third-order valence-corrected chi connectivity index (χ3v) is 8.20. The van der Waals surface area contributed by atoms with Crippen molar-refractivity contribution in [3.05, 3.63) is 94.0 Å². The zero-order valence-electron chi connectivity index (χ0n) is 21.5. The maximum absolute atomic E-state index is 13.2. The lowest BCUT2D eigenvalue weighted by Crippen LogP contribution is -2.54. The van der Waals surface area contributed by atoms with Gasteiger partial charge >= 0.3 is 0 Å². The van der Waals surface area contributed by atoms with Crippen molar-refractivity contribution in [3.63, 3.8) is 0 Å². The predicted molar refractivity (Wildman–Crippen MR) is 149 cm³/mol. The van der Waals surface area contributed by atoms with Gasteiger partial charge in [0.05, 0.1) is 11.3 Å². The molecule has 0 bridgehead atoms. The number of nitrogens with zero attached hydrogens (tertiary/aromatic N) is 3. The smallest absolute Gasteiger partial charge is 0.257 e. The number of pyridine rings is 1. The molecule has 7 nitrogen and oxygen atoms in total. The van der Waals surface area contributed by atoms with Gasteiger partial charge in [-0.15, -0.1) is 0 Å². The van der Waals surface area contributed by atoms with Gasteiger partial charge in [-0.3, -0.25) is 19.5 Å². The lowest BCUT2D eigenvalue weighted by Gasteiger charge is -2.44. The number of benzene rings is 1. The van der Waals surface area contributed by atoms with Crippen LogP contribution >= 0.6 is 0 Å². The molecule has 1 atom stereocenters. The standard InChI is InChI=1S/C30H33N5O2.2H2/c1-30(35-15-13-34(2)14-16-35)10-7-23(8-11-30)33-28(36)22-18-26-24(5-6-27(26)32-19-22)20-3-4-25-21(17-20)9-12-31-29(25)37;;/h3-5,7-8,10,17-19H,6,9,11-16H2,1-2H3,(H,31,37)(H,33,36);2*1H. The molecule has 2 aliphatic heterocycles. The minimum absolute atomic E-state index is 0. The number of aromatic nitrogens is 1. The highest BCUT2D eigenvalue weighted by Crippen LogP contribution is 2.34. The number of likely N-dealkylation sites (N-methyl/N-ethyl adjacent to an activating group) is 1. The summed E-state index contributed by atoms with van der Waals surface area (Å²) in [7, 11) is 2.17. The number of piperazine rings is 1. The van der Waals surface area contributed by atoms with Gasteiger partial charge < -0.3 is 15.5 Å². The molecule has 1 fully saturated rings. The Kier molecular flexibility index (Phi) is 6.05. The second-order valence-electron chi connectivity index (χ2n) is 10.7. The first-order valence-corrected chi connectivity index (χ1v) is 13.1. The third-order valence-electron chi connectivity index (χ3n) is 8.20. The van der Waals surface area contributed by atoms with Gasteiger partial charge in [-0.1, -0.05) is 30.4 Å². The van der Waals surface area contributed by atoms with E-state index in [0.717, 1.165) is 84.7 Å². The minimum atomic E-state index is -0.150. The maximum atomic E-state index is 13.2. The molecule has 1 unspecified atom stereocenters. The first-order valence-electron chi connectivity index (χ1n) is 13.1. The summed E-state index contributed by atoms with van der Waals surface area (Å²) in [5, 5.41) is 5.98. The van der Waals surface area contributed by atoms with Crippen molar-refractivity contribution in [2.45, 2.75) is 31.7 Å². The molecule has 4 aliphatic rings. The van der Waals surface area contributed by atoms with Crippen LogP contribution in [0.1, 0.15) is 59.3 Å². The molecule has 2 amide bonds. The largest absolute Gasteiger partial charge is 0.352 e. The van der Waals surface area contributed by atoms with Crippen LogP contribution in [-0.4, -0.2) is 71.9 Å². The van der Waals surface area contributed by atoms with Crippen LogP contribution in [0.4, 0.5) is 0 Å². The number of nitrogens with one attached hydrogen (secondary N) is 2. The van der Waals surface area contributed by atoms with Crippen LogP contribution in [-0.2, 0) is 12.8 Å². The van der Waals surface area contributed by atoms with E-state index in [0.29, 0.717) is 12.1 Å². The molecule has 194 valence electrons. The van der Waals surface area contributed by atoms with Crippen molar-refractivity contribution in [1.82, 2.24) is 25.4 Å². The number of allylic oxidation sites excluding steroid dienone is 2. The molecular weight excluding hydrogens is 462 g/mol. The number of amides is 2. The van der Waals surface area contributed by atoms with Gasteiger partial charge in [0.1, 0.15) is 0 Å². The molecule has 2 N–H and O–H groups in total. The molecule has 1 aromatic heterocycles. The van der Waals surface area contributed by atoms with Crippen LogP contribution in [0.25, 0.3) is 5.57 Å². The Morgan fingerprint density at radius 2 is 1.97 bits per heavy atom. The fourth-order valence-electron chi connectivity index (χ4n) is 5.76. The molecule has 0 spiro atoms. The second-order valence-corrected chi connectivity index (χ2v) is 10.7. The lowest BCUT2D eigenvalue weighted by molar-refractivity contribution is 0.0797. The zero-order chi connectivity index (χ0) is 25.6. The first-order chi connectivity index (χ1) is 17.9. The van der Waals surface area contributed by atoms with Crippen molar-refractivity contribution in [1.29, 1.82) is 0 Å². The van der Waals surface area contributed by atoms with Gasteiger partial charge in [-0.25, -0.2) is 0 Å². The van der Waals surface area contributed by atoms with Crippen LogP contribution in [0.5, 0.6) is 0 Å². The Morgan fingerprint density at radius 3 is 2.76 bits per heavy atom. The van der Waals surface area contributed by atoms with Crippen LogP contribution in [0.3, 0.4) is 0 Å². The van der Waals surface area contributed by atoms with Crippen LogP contribution in [0.2, 0.25) is 0 Å². The van der Waals surface area contributed by atoms with Gasteiger partial charge in [0.2, 0.25) is 0 Å². The van der Waals surface area contributed by atoms with Gasteiger partial charge in [0, 0.05) is 70.6 Å². The highest BCUT2D eigenvalue weighted by Gasteiger charge is 2.32. The molecule has 3 heterocycles. The summed E-state index contributed by atoms with van der Waals surface area (Å²) in [5.41, 5.74) is 7.28. The highest BCUT2D eigenvalue weighted by atomic mass is 16.2. The molecule has 2 aromatic rings. The third kappa shape index (κ3) is 4.54. The molecule has 7 heteroatoms. The molecule has 0 saturated carbocycles. The van der Waals surface area contributed by atoms with E-state index in [1.165, 1.54) is 0 Å². The summed E-state index contributed by atoms with van der Waals surface area (Å²) >= 11 is 0. The molecule has 2 aliphatic carbocycles. The van der Waals surface area contributed by atoms with Crippen LogP contribution in [0, 0.1) is 0 Å². The molecule has 6 rings (SSSR count). The van der Waals surface area contributed by atoms with Crippen molar-refractivity contribution < 1.29 is 12.4 Å². The number of fused-ring (bicyclic) bond motifs is 2. The maximum Gasteiger partial charge on any atom is 0.257 e. The Morgan fingerprint density at radius 1 is 1.14 bits per heavy atom. The average Bonchev–Trinajstić information content (AvgIpc) is 3.34. The number of hydrogen-bond donors (Lipinski definition) is 2. The summed E-state index contributed by atoms with van der Waals surface area (Å²) < 4.78 is 0. The zero-order valence-corrected chi connectivity index (χ0v) is 21.5. The molecular formula is C30H37N5O2. The van der Waals surface area contributed by atoms with E-state index in [-0.39, 0.29) is 20.2 Å². The van der Waals surface area contributed by atoms with E-state index < -0.39 is 0 Å². The van der Waals surface area contributed by atoms with Crippen LogP contribution < -0.4 is 10.6 Å². The first kappa shape index (κ1) is 23.8. The number of hydrogen-bond acceptors (Lipinski definition) is 5. The summed E-state index contributed by atoms with van der Waals surface area (Å²) in [5.74, 6) is -0.160. The Bertz CT molecular complexity index is 1380. The quantitative estimate of drug-likeness (QED) is 0.674. The highest BCUT2D eigenvalue weighted by molar-refractivity contribution is 5.99. The van der Waals surface area contributed by atoms with Gasteiger partial charge in [-0.2, -0.15) is 0 Å². The molecule has 0 radical (unpaired) electrons. The number of rotatable bonds is 4. The van der Waals surface area contributed by atoms with Crippen molar-refractivity contribution in [2.75, 3.05) is 39.8 Å². The van der Waals surface area contributed by atoms with Gasteiger partial charge in [0.15, 0.2) is 0 Å². The predicted octanol–water partition coefficient (Wildman–Crippen LogP) is 3.43. The minimum Gasteiger partial charge on any atom is -0.352 e. The molecule has 37 heavy (non-hydrogen) atoms. The van der Waals surface area contributed by atoms with Gasteiger partial charge in [0.25, 0.3) is 11.8 Å². The van der Waals surface area contributed by atoms with E-state index in [4.69, 9.17) is 0 Å². The molecule has 1 aromatic carbocycles. The monoisotopic (exact) mass is 499 g/mol. The van der Waals surface area contributed by atoms with Crippen molar-refractivity contribution in [2.24, 2.45) is 0 Å². The fourth-order valence-corrected chi connectivity index (χ4v) is 5.76. The van der Waals surface area contributed by atoms with Gasteiger partial charge in [-0.05, 0) is 61.7 Å². The summed E-state index contributed by atoms with van der Waals surface area (Å²) in [6, 6.07) is 7.95. The average molecular weight is 500 g/mol.